The van der Waals surface area contributed by atoms with Gasteiger partial charge in [0, 0.05) is 24.5 Å². The summed E-state index contributed by atoms with van der Waals surface area (Å²) in [6.45, 7) is 2.52. The number of hydrogen-bond donors (Lipinski definition) is 0. The predicted octanol–water partition coefficient (Wildman–Crippen LogP) is 4.35. The highest BCUT2D eigenvalue weighted by molar-refractivity contribution is 6.07. The molecule has 3 aromatic carbocycles. The molecule has 0 aliphatic carbocycles. The van der Waals surface area contributed by atoms with Gasteiger partial charge in [0.1, 0.15) is 18.8 Å². The van der Waals surface area contributed by atoms with Crippen LogP contribution in [-0.2, 0) is 13.1 Å². The molecule has 0 saturated heterocycles. The fraction of sp³-hybridized carbons (Fsp3) is 0.208. The summed E-state index contributed by atoms with van der Waals surface area (Å²) in [6.07, 6.45) is 0. The van der Waals surface area contributed by atoms with Crippen molar-refractivity contribution < 1.29 is 13.9 Å². The molecular weight excluding hydrogens is 366 g/mol. The predicted molar refractivity (Wildman–Crippen MR) is 113 cm³/mol. The first-order valence-corrected chi connectivity index (χ1v) is 9.69. The lowest BCUT2D eigenvalue weighted by Crippen LogP contribution is -2.19. The van der Waals surface area contributed by atoms with Crippen LogP contribution in [0.25, 0.3) is 21.7 Å². The van der Waals surface area contributed by atoms with E-state index >= 15 is 0 Å². The zero-order chi connectivity index (χ0) is 19.8. The largest absolute Gasteiger partial charge is 0.486 e. The Morgan fingerprint density at radius 2 is 1.72 bits per heavy atom. The molecule has 0 atom stereocenters. The van der Waals surface area contributed by atoms with Gasteiger partial charge in [-0.1, -0.05) is 36.4 Å². The van der Waals surface area contributed by atoms with E-state index in [-0.39, 0.29) is 5.63 Å². The Hall–Kier alpha value is -3.31. The van der Waals surface area contributed by atoms with Gasteiger partial charge in [-0.05, 0) is 47.1 Å². The van der Waals surface area contributed by atoms with E-state index in [1.165, 1.54) is 0 Å². The van der Waals surface area contributed by atoms with Crippen molar-refractivity contribution in [2.24, 2.45) is 0 Å². The van der Waals surface area contributed by atoms with Crippen molar-refractivity contribution in [3.63, 3.8) is 0 Å². The van der Waals surface area contributed by atoms with Gasteiger partial charge in [-0.15, -0.1) is 0 Å². The van der Waals surface area contributed by atoms with Crippen molar-refractivity contribution in [3.8, 4) is 11.5 Å². The summed E-state index contributed by atoms with van der Waals surface area (Å²) < 4.78 is 16.8. The molecule has 0 bridgehead atoms. The Kier molecular flexibility index (Phi) is 4.45. The second-order valence-electron chi connectivity index (χ2n) is 7.40. The van der Waals surface area contributed by atoms with E-state index in [2.05, 4.69) is 23.1 Å². The number of nitrogens with zero attached hydrogens (tertiary/aromatic N) is 1. The van der Waals surface area contributed by atoms with Crippen LogP contribution in [0.4, 0.5) is 0 Å². The van der Waals surface area contributed by atoms with E-state index < -0.39 is 0 Å². The summed E-state index contributed by atoms with van der Waals surface area (Å²) in [5, 5.41) is 3.22. The molecule has 29 heavy (non-hydrogen) atoms. The van der Waals surface area contributed by atoms with Gasteiger partial charge in [0.15, 0.2) is 11.5 Å². The van der Waals surface area contributed by atoms with Crippen LogP contribution in [0.3, 0.4) is 0 Å². The normalized spacial score (nSPS) is 13.3. The number of hydrogen-bond acceptors (Lipinski definition) is 5. The molecule has 0 saturated carbocycles. The summed E-state index contributed by atoms with van der Waals surface area (Å²) in [6, 6.07) is 19.7. The molecule has 5 nitrogen and oxygen atoms in total. The van der Waals surface area contributed by atoms with E-state index in [0.717, 1.165) is 45.3 Å². The first-order valence-electron chi connectivity index (χ1n) is 9.69. The Morgan fingerprint density at radius 3 is 2.62 bits per heavy atom. The van der Waals surface area contributed by atoms with Crippen LogP contribution in [0, 0.1) is 0 Å². The van der Waals surface area contributed by atoms with Crippen molar-refractivity contribution >= 4 is 21.7 Å². The first-order chi connectivity index (χ1) is 14.2. The third kappa shape index (κ3) is 3.45. The molecule has 0 N–H and O–H groups in total. The van der Waals surface area contributed by atoms with Crippen LogP contribution in [0.1, 0.15) is 11.1 Å². The molecular formula is C24H21NO4. The first kappa shape index (κ1) is 17.8. The van der Waals surface area contributed by atoms with Crippen molar-refractivity contribution in [1.29, 1.82) is 0 Å². The van der Waals surface area contributed by atoms with Crippen molar-refractivity contribution in [2.45, 2.75) is 13.1 Å². The van der Waals surface area contributed by atoms with Crippen LogP contribution in [0.15, 0.2) is 69.9 Å². The van der Waals surface area contributed by atoms with E-state index in [1.54, 1.807) is 6.07 Å². The number of ether oxygens (including phenoxy) is 2. The highest BCUT2D eigenvalue weighted by atomic mass is 16.6. The van der Waals surface area contributed by atoms with Gasteiger partial charge in [0.25, 0.3) is 0 Å². The van der Waals surface area contributed by atoms with E-state index in [4.69, 9.17) is 13.9 Å². The Morgan fingerprint density at radius 1 is 0.897 bits per heavy atom. The molecule has 2 heterocycles. The monoisotopic (exact) mass is 387 g/mol. The molecule has 0 spiro atoms. The molecule has 1 aliphatic heterocycles. The molecule has 146 valence electrons. The Bertz CT molecular complexity index is 1260. The minimum Gasteiger partial charge on any atom is -0.486 e. The minimum atomic E-state index is -0.324. The summed E-state index contributed by atoms with van der Waals surface area (Å²) in [7, 11) is 2.04. The van der Waals surface area contributed by atoms with Crippen LogP contribution in [0.5, 0.6) is 11.5 Å². The lowest BCUT2D eigenvalue weighted by molar-refractivity contribution is 0.171. The fourth-order valence-electron chi connectivity index (χ4n) is 3.99. The highest BCUT2D eigenvalue weighted by Gasteiger charge is 2.14. The van der Waals surface area contributed by atoms with Crippen LogP contribution in [-0.4, -0.2) is 25.2 Å². The summed E-state index contributed by atoms with van der Waals surface area (Å²) in [5.74, 6) is 1.58. The molecule has 0 amide bonds. The SMILES string of the molecule is CN(Cc1ccc2c(c1)OCCO2)Cc1cc(=O)oc2ccc3ccccc3c12. The third-order valence-corrected chi connectivity index (χ3v) is 5.21. The second-order valence-corrected chi connectivity index (χ2v) is 7.40. The summed E-state index contributed by atoms with van der Waals surface area (Å²) in [5.41, 5.74) is 2.40. The van der Waals surface area contributed by atoms with Gasteiger partial charge in [0.2, 0.25) is 0 Å². The van der Waals surface area contributed by atoms with Gasteiger partial charge in [-0.25, -0.2) is 4.79 Å². The van der Waals surface area contributed by atoms with Gasteiger partial charge < -0.3 is 13.9 Å². The van der Waals surface area contributed by atoms with Crippen molar-refractivity contribution in [3.05, 3.63) is 82.2 Å². The number of benzene rings is 3. The van der Waals surface area contributed by atoms with Gasteiger partial charge in [-0.2, -0.15) is 0 Å². The van der Waals surface area contributed by atoms with E-state index in [0.29, 0.717) is 25.3 Å². The lowest BCUT2D eigenvalue weighted by atomic mass is 10.0. The quantitative estimate of drug-likeness (QED) is 0.385. The minimum absolute atomic E-state index is 0.324. The molecule has 0 fully saturated rings. The van der Waals surface area contributed by atoms with Crippen LogP contribution < -0.4 is 15.1 Å². The average molecular weight is 387 g/mol. The van der Waals surface area contributed by atoms with Gasteiger partial charge >= 0.3 is 5.63 Å². The van der Waals surface area contributed by atoms with Crippen LogP contribution in [0.2, 0.25) is 0 Å². The zero-order valence-electron chi connectivity index (χ0n) is 16.2. The van der Waals surface area contributed by atoms with Crippen LogP contribution >= 0.6 is 0 Å². The smallest absolute Gasteiger partial charge is 0.336 e. The average Bonchev–Trinajstić information content (AvgIpc) is 2.73. The van der Waals surface area contributed by atoms with Gasteiger partial charge in [-0.3, -0.25) is 4.90 Å². The maximum atomic E-state index is 12.1. The highest BCUT2D eigenvalue weighted by Crippen LogP contribution is 2.32. The third-order valence-electron chi connectivity index (χ3n) is 5.21. The summed E-state index contributed by atoms with van der Waals surface area (Å²) in [4.78, 5) is 14.3. The van der Waals surface area contributed by atoms with Crippen molar-refractivity contribution in [2.75, 3.05) is 20.3 Å². The van der Waals surface area contributed by atoms with Crippen molar-refractivity contribution in [1.82, 2.24) is 4.90 Å². The molecule has 4 aromatic rings. The van der Waals surface area contributed by atoms with Gasteiger partial charge in [0.05, 0.1) is 0 Å². The number of rotatable bonds is 4. The standard InChI is InChI=1S/C24H21NO4/c1-25(14-16-6-8-20-22(12-16)28-11-10-27-20)15-18-13-23(26)29-21-9-7-17-4-2-3-5-19(17)24(18)21/h2-9,12-13H,10-11,14-15H2,1H3. The summed E-state index contributed by atoms with van der Waals surface area (Å²) >= 11 is 0. The maximum Gasteiger partial charge on any atom is 0.336 e. The molecule has 5 rings (SSSR count). The van der Waals surface area contributed by atoms with E-state index in [1.807, 2.05) is 43.4 Å². The molecule has 0 radical (unpaired) electrons. The maximum absolute atomic E-state index is 12.1. The lowest BCUT2D eigenvalue weighted by Gasteiger charge is -2.21. The Balaban J connectivity index is 1.48. The van der Waals surface area contributed by atoms with E-state index in [9.17, 15) is 4.79 Å². The molecule has 5 heteroatoms. The fourth-order valence-corrected chi connectivity index (χ4v) is 3.99. The molecule has 1 aliphatic rings. The molecule has 1 aromatic heterocycles. The zero-order valence-corrected chi connectivity index (χ0v) is 16.2. The molecule has 0 unspecified atom stereocenters. The second kappa shape index (κ2) is 7.26. The topological polar surface area (TPSA) is 51.9 Å². The number of fused-ring (bicyclic) bond motifs is 4. The Labute approximate surface area is 168 Å².